The SMILES string of the molecule is CC1NC1CC#N. The highest BCUT2D eigenvalue weighted by Gasteiger charge is 2.30. The Balaban J connectivity index is 2.12. The third-order valence-electron chi connectivity index (χ3n) is 1.28. The lowest BCUT2D eigenvalue weighted by molar-refractivity contribution is 0.948. The maximum Gasteiger partial charge on any atom is 0.0638 e. The van der Waals surface area contributed by atoms with Gasteiger partial charge in [-0.25, -0.2) is 0 Å². The number of nitriles is 1. The summed E-state index contributed by atoms with van der Waals surface area (Å²) in [5.41, 5.74) is 0. The molecule has 2 atom stereocenters. The van der Waals surface area contributed by atoms with Gasteiger partial charge in [-0.3, -0.25) is 0 Å². The zero-order valence-electron chi connectivity index (χ0n) is 4.31. The second kappa shape index (κ2) is 1.51. The molecule has 2 nitrogen and oxygen atoms in total. The van der Waals surface area contributed by atoms with Gasteiger partial charge in [-0.05, 0) is 6.92 Å². The Morgan fingerprint density at radius 1 is 1.86 bits per heavy atom. The topological polar surface area (TPSA) is 45.7 Å². The number of hydrogen-bond acceptors (Lipinski definition) is 2. The summed E-state index contributed by atoms with van der Waals surface area (Å²) in [5.74, 6) is 0. The molecule has 2 heteroatoms. The first kappa shape index (κ1) is 4.61. The average molecular weight is 96.1 g/mol. The van der Waals surface area contributed by atoms with Gasteiger partial charge >= 0.3 is 0 Å². The van der Waals surface area contributed by atoms with E-state index in [1.807, 2.05) is 0 Å². The highest BCUT2D eigenvalue weighted by atomic mass is 15.1. The number of rotatable bonds is 1. The van der Waals surface area contributed by atoms with Crippen LogP contribution in [0.4, 0.5) is 0 Å². The molecule has 0 aromatic carbocycles. The van der Waals surface area contributed by atoms with Crippen molar-refractivity contribution in [3.05, 3.63) is 0 Å². The first-order valence-electron chi connectivity index (χ1n) is 2.47. The fourth-order valence-electron chi connectivity index (χ4n) is 0.616. The summed E-state index contributed by atoms with van der Waals surface area (Å²) < 4.78 is 0. The molecule has 1 aliphatic rings. The molecule has 0 spiro atoms. The standard InChI is InChI=1S/C5H8N2/c1-4-5(7-4)2-3-6/h4-5,7H,2H2,1H3. The van der Waals surface area contributed by atoms with Crippen molar-refractivity contribution in [1.82, 2.24) is 5.32 Å². The monoisotopic (exact) mass is 96.1 g/mol. The Bertz CT molecular complexity index is 103. The molecule has 7 heavy (non-hydrogen) atoms. The molecule has 2 unspecified atom stereocenters. The van der Waals surface area contributed by atoms with Crippen LogP contribution in [-0.4, -0.2) is 12.1 Å². The zero-order chi connectivity index (χ0) is 5.28. The van der Waals surface area contributed by atoms with Crippen LogP contribution in [0, 0.1) is 11.3 Å². The Labute approximate surface area is 43.1 Å². The van der Waals surface area contributed by atoms with Crippen molar-refractivity contribution >= 4 is 0 Å². The van der Waals surface area contributed by atoms with Crippen molar-refractivity contribution in [3.63, 3.8) is 0 Å². The van der Waals surface area contributed by atoms with E-state index < -0.39 is 0 Å². The molecule has 0 aromatic heterocycles. The smallest absolute Gasteiger partial charge is 0.0638 e. The molecule has 1 rings (SSSR count). The second-order valence-electron chi connectivity index (χ2n) is 1.92. The summed E-state index contributed by atoms with van der Waals surface area (Å²) in [5, 5.41) is 11.2. The minimum atomic E-state index is 0.505. The lowest BCUT2D eigenvalue weighted by Gasteiger charge is -1.73. The first-order valence-corrected chi connectivity index (χ1v) is 2.47. The fourth-order valence-corrected chi connectivity index (χ4v) is 0.616. The van der Waals surface area contributed by atoms with E-state index in [2.05, 4.69) is 18.3 Å². The van der Waals surface area contributed by atoms with E-state index in [4.69, 9.17) is 5.26 Å². The molecule has 1 aliphatic heterocycles. The first-order chi connectivity index (χ1) is 3.34. The minimum absolute atomic E-state index is 0.505. The summed E-state index contributed by atoms with van der Waals surface area (Å²) in [6.07, 6.45) is 0.668. The molecule has 0 aliphatic carbocycles. The third kappa shape index (κ3) is 0.908. The number of hydrogen-bond donors (Lipinski definition) is 1. The van der Waals surface area contributed by atoms with Crippen LogP contribution in [-0.2, 0) is 0 Å². The van der Waals surface area contributed by atoms with Crippen molar-refractivity contribution in [2.24, 2.45) is 0 Å². The van der Waals surface area contributed by atoms with Gasteiger partial charge in [0.15, 0.2) is 0 Å². The van der Waals surface area contributed by atoms with Crippen LogP contribution in [0.15, 0.2) is 0 Å². The van der Waals surface area contributed by atoms with Crippen molar-refractivity contribution in [1.29, 1.82) is 5.26 Å². The molecule has 1 heterocycles. The van der Waals surface area contributed by atoms with E-state index in [1.165, 1.54) is 0 Å². The molecule has 0 saturated carbocycles. The predicted octanol–water partition coefficient (Wildman–Crippen LogP) is 0.260. The van der Waals surface area contributed by atoms with Gasteiger partial charge in [0.05, 0.1) is 12.5 Å². The Hall–Kier alpha value is -0.550. The molecule has 0 aromatic rings. The number of nitrogens with zero attached hydrogens (tertiary/aromatic N) is 1. The van der Waals surface area contributed by atoms with Crippen LogP contribution in [0.2, 0.25) is 0 Å². The van der Waals surface area contributed by atoms with Crippen molar-refractivity contribution in [2.45, 2.75) is 25.4 Å². The van der Waals surface area contributed by atoms with E-state index in [0.717, 1.165) is 0 Å². The van der Waals surface area contributed by atoms with E-state index in [1.54, 1.807) is 0 Å². The molecule has 0 radical (unpaired) electrons. The lowest BCUT2D eigenvalue weighted by atomic mass is 10.3. The quantitative estimate of drug-likeness (QED) is 0.476. The summed E-state index contributed by atoms with van der Waals surface area (Å²) >= 11 is 0. The molecular weight excluding hydrogens is 88.1 g/mol. The van der Waals surface area contributed by atoms with Gasteiger partial charge in [0, 0.05) is 12.1 Å². The Morgan fingerprint density at radius 2 is 2.43 bits per heavy atom. The lowest BCUT2D eigenvalue weighted by Crippen LogP contribution is -1.85. The molecule has 1 saturated heterocycles. The Morgan fingerprint density at radius 3 is 2.57 bits per heavy atom. The van der Waals surface area contributed by atoms with Crippen LogP contribution >= 0.6 is 0 Å². The number of nitrogens with one attached hydrogen (secondary N) is 1. The van der Waals surface area contributed by atoms with Crippen LogP contribution in [0.3, 0.4) is 0 Å². The maximum atomic E-state index is 8.10. The van der Waals surface area contributed by atoms with E-state index >= 15 is 0 Å². The maximum absolute atomic E-state index is 8.10. The van der Waals surface area contributed by atoms with E-state index in [9.17, 15) is 0 Å². The van der Waals surface area contributed by atoms with Gasteiger partial charge in [-0.1, -0.05) is 0 Å². The van der Waals surface area contributed by atoms with Crippen molar-refractivity contribution in [3.8, 4) is 6.07 Å². The molecular formula is C5H8N2. The Kier molecular flexibility index (Phi) is 0.994. The fraction of sp³-hybridized carbons (Fsp3) is 0.800. The molecule has 0 amide bonds. The van der Waals surface area contributed by atoms with Crippen LogP contribution in [0.5, 0.6) is 0 Å². The zero-order valence-corrected chi connectivity index (χ0v) is 4.31. The second-order valence-corrected chi connectivity index (χ2v) is 1.92. The summed E-state index contributed by atoms with van der Waals surface area (Å²) in [7, 11) is 0. The molecule has 0 bridgehead atoms. The predicted molar refractivity (Wildman–Crippen MR) is 26.6 cm³/mol. The highest BCUT2D eigenvalue weighted by molar-refractivity contribution is 4.99. The summed E-state index contributed by atoms with van der Waals surface area (Å²) in [4.78, 5) is 0. The molecule has 1 N–H and O–H groups in total. The molecule has 38 valence electrons. The van der Waals surface area contributed by atoms with Gasteiger partial charge in [0.1, 0.15) is 0 Å². The largest absolute Gasteiger partial charge is 0.307 e. The van der Waals surface area contributed by atoms with E-state index in [0.29, 0.717) is 18.5 Å². The van der Waals surface area contributed by atoms with Gasteiger partial charge < -0.3 is 5.32 Å². The van der Waals surface area contributed by atoms with Gasteiger partial charge in [0.25, 0.3) is 0 Å². The highest BCUT2D eigenvalue weighted by Crippen LogP contribution is 2.11. The summed E-state index contributed by atoms with van der Waals surface area (Å²) in [6, 6.07) is 3.20. The van der Waals surface area contributed by atoms with Crippen LogP contribution < -0.4 is 5.32 Å². The van der Waals surface area contributed by atoms with Crippen molar-refractivity contribution in [2.75, 3.05) is 0 Å². The van der Waals surface area contributed by atoms with Gasteiger partial charge in [0.2, 0.25) is 0 Å². The summed E-state index contributed by atoms with van der Waals surface area (Å²) in [6.45, 7) is 2.09. The normalized spacial score (nSPS) is 37.1. The van der Waals surface area contributed by atoms with E-state index in [-0.39, 0.29) is 0 Å². The van der Waals surface area contributed by atoms with Gasteiger partial charge in [-0.15, -0.1) is 0 Å². The van der Waals surface area contributed by atoms with Crippen LogP contribution in [0.1, 0.15) is 13.3 Å². The average Bonchev–Trinajstić information content (AvgIpc) is 2.22. The minimum Gasteiger partial charge on any atom is -0.307 e. The molecule has 1 fully saturated rings. The van der Waals surface area contributed by atoms with Gasteiger partial charge in [-0.2, -0.15) is 5.26 Å². The third-order valence-corrected chi connectivity index (χ3v) is 1.28. The van der Waals surface area contributed by atoms with Crippen LogP contribution in [0.25, 0.3) is 0 Å². The van der Waals surface area contributed by atoms with Crippen molar-refractivity contribution < 1.29 is 0 Å².